The number of para-hydroxylation sites is 2. The van der Waals surface area contributed by atoms with Crippen molar-refractivity contribution in [3.05, 3.63) is 30.6 Å². The normalized spacial score (nSPS) is 16.3. The van der Waals surface area contributed by atoms with Gasteiger partial charge < -0.3 is 14.4 Å². The van der Waals surface area contributed by atoms with Crippen LogP contribution in [-0.4, -0.2) is 57.3 Å². The molecule has 0 N–H and O–H groups in total. The topological polar surface area (TPSA) is 82.4 Å². The molecule has 8 heteroatoms. The molecule has 1 aliphatic heterocycles. The number of benzene rings is 1. The smallest absolute Gasteiger partial charge is 0.224 e. The number of tetrazole rings is 1. The van der Waals surface area contributed by atoms with E-state index >= 15 is 0 Å². The van der Waals surface area contributed by atoms with Gasteiger partial charge in [-0.05, 0) is 22.6 Å². The monoisotopic (exact) mass is 303 g/mol. The predicted octanol–water partition coefficient (Wildman–Crippen LogP) is 0.362. The van der Waals surface area contributed by atoms with Crippen molar-refractivity contribution in [1.82, 2.24) is 25.1 Å². The molecule has 1 amide bonds. The largest absolute Gasteiger partial charge is 0.486 e. The number of hydrogen-bond donors (Lipinski definition) is 0. The van der Waals surface area contributed by atoms with Crippen molar-refractivity contribution in [2.24, 2.45) is 0 Å². The lowest BCUT2D eigenvalue weighted by Crippen LogP contribution is -2.42. The molecular weight excluding hydrogens is 286 g/mol. The van der Waals surface area contributed by atoms with Crippen LogP contribution in [-0.2, 0) is 11.3 Å². The zero-order valence-corrected chi connectivity index (χ0v) is 12.3. The highest BCUT2D eigenvalue weighted by molar-refractivity contribution is 5.75. The maximum atomic E-state index is 12.1. The molecule has 0 saturated carbocycles. The fourth-order valence-electron chi connectivity index (χ4n) is 2.24. The number of aromatic nitrogens is 4. The average molecular weight is 303 g/mol. The quantitative estimate of drug-likeness (QED) is 0.793. The first-order valence-electron chi connectivity index (χ1n) is 7.05. The molecule has 116 valence electrons. The van der Waals surface area contributed by atoms with E-state index in [0.29, 0.717) is 31.9 Å². The Labute approximate surface area is 127 Å². The molecule has 1 atom stereocenters. The van der Waals surface area contributed by atoms with Crippen LogP contribution in [0.2, 0.25) is 0 Å². The number of likely N-dealkylation sites (N-methyl/N-ethyl adjacent to an activating group) is 1. The fraction of sp³-hybridized carbons (Fsp3) is 0.429. The van der Waals surface area contributed by atoms with Gasteiger partial charge in [0.1, 0.15) is 12.9 Å². The maximum absolute atomic E-state index is 12.1. The summed E-state index contributed by atoms with van der Waals surface area (Å²) in [5.74, 6) is 1.47. The van der Waals surface area contributed by atoms with Gasteiger partial charge in [0.2, 0.25) is 5.91 Å². The van der Waals surface area contributed by atoms with E-state index in [1.165, 1.54) is 11.0 Å². The van der Waals surface area contributed by atoms with Crippen LogP contribution in [0.25, 0.3) is 0 Å². The molecule has 1 aromatic carbocycles. The molecule has 22 heavy (non-hydrogen) atoms. The molecule has 1 aliphatic rings. The maximum Gasteiger partial charge on any atom is 0.224 e. The molecule has 0 spiro atoms. The van der Waals surface area contributed by atoms with Crippen molar-refractivity contribution in [3.8, 4) is 11.5 Å². The summed E-state index contributed by atoms with van der Waals surface area (Å²) in [4.78, 5) is 13.8. The molecule has 0 saturated heterocycles. The highest BCUT2D eigenvalue weighted by atomic mass is 16.6. The Hall–Kier alpha value is -2.64. The Morgan fingerprint density at radius 2 is 2.23 bits per heavy atom. The number of hydrogen-bond acceptors (Lipinski definition) is 6. The number of ether oxygens (including phenoxy) is 2. The summed E-state index contributed by atoms with van der Waals surface area (Å²) in [5.41, 5.74) is 0. The van der Waals surface area contributed by atoms with Crippen molar-refractivity contribution in [3.63, 3.8) is 0 Å². The van der Waals surface area contributed by atoms with Gasteiger partial charge in [-0.15, -0.1) is 5.10 Å². The number of rotatable bonds is 5. The van der Waals surface area contributed by atoms with Crippen molar-refractivity contribution < 1.29 is 14.3 Å². The molecule has 0 unspecified atom stereocenters. The third kappa shape index (κ3) is 3.33. The highest BCUT2D eigenvalue weighted by Crippen LogP contribution is 2.30. The SMILES string of the molecule is CN(C[C@H]1COc2ccccc2O1)C(=O)CCn1cnnn1. The Morgan fingerprint density at radius 1 is 1.41 bits per heavy atom. The van der Waals surface area contributed by atoms with Gasteiger partial charge in [0.15, 0.2) is 17.6 Å². The number of amides is 1. The van der Waals surface area contributed by atoms with Crippen LogP contribution in [0.3, 0.4) is 0 Å². The minimum atomic E-state index is -0.170. The van der Waals surface area contributed by atoms with Crippen LogP contribution in [0.5, 0.6) is 11.5 Å². The van der Waals surface area contributed by atoms with Gasteiger partial charge in [-0.2, -0.15) is 0 Å². The summed E-state index contributed by atoms with van der Waals surface area (Å²) < 4.78 is 13.0. The van der Waals surface area contributed by atoms with Crippen molar-refractivity contribution in [2.75, 3.05) is 20.2 Å². The highest BCUT2D eigenvalue weighted by Gasteiger charge is 2.23. The lowest BCUT2D eigenvalue weighted by atomic mass is 10.2. The Kier molecular flexibility index (Phi) is 4.17. The molecule has 2 heterocycles. The third-order valence-corrected chi connectivity index (χ3v) is 3.42. The van der Waals surface area contributed by atoms with E-state index < -0.39 is 0 Å². The van der Waals surface area contributed by atoms with E-state index in [2.05, 4.69) is 15.5 Å². The minimum Gasteiger partial charge on any atom is -0.486 e. The summed E-state index contributed by atoms with van der Waals surface area (Å²) in [7, 11) is 1.76. The van der Waals surface area contributed by atoms with Gasteiger partial charge in [0.25, 0.3) is 0 Å². The number of fused-ring (bicyclic) bond motifs is 1. The van der Waals surface area contributed by atoms with Gasteiger partial charge >= 0.3 is 0 Å². The van der Waals surface area contributed by atoms with Crippen LogP contribution in [0.15, 0.2) is 30.6 Å². The van der Waals surface area contributed by atoms with E-state index in [-0.39, 0.29) is 12.0 Å². The zero-order chi connectivity index (χ0) is 15.4. The molecule has 3 rings (SSSR count). The standard InChI is InChI=1S/C14H17N5O3/c1-18(14(20)6-7-19-10-15-16-17-19)8-11-9-21-12-4-2-3-5-13(12)22-11/h2-5,10-11H,6-9H2,1H3/t11-/m0/s1. The molecular formula is C14H17N5O3. The molecule has 1 aromatic heterocycles. The van der Waals surface area contributed by atoms with Gasteiger partial charge in [0, 0.05) is 13.5 Å². The van der Waals surface area contributed by atoms with Crippen molar-refractivity contribution in [2.45, 2.75) is 19.1 Å². The van der Waals surface area contributed by atoms with Crippen molar-refractivity contribution >= 4 is 5.91 Å². The Morgan fingerprint density at radius 3 is 3.00 bits per heavy atom. The molecule has 0 aliphatic carbocycles. The van der Waals surface area contributed by atoms with E-state index in [4.69, 9.17) is 9.47 Å². The summed E-state index contributed by atoms with van der Waals surface area (Å²) >= 11 is 0. The summed E-state index contributed by atoms with van der Waals surface area (Å²) in [5, 5.41) is 10.8. The molecule has 0 fully saturated rings. The van der Waals surface area contributed by atoms with Crippen LogP contribution in [0, 0.1) is 0 Å². The second kappa shape index (κ2) is 6.42. The van der Waals surface area contributed by atoms with Crippen LogP contribution >= 0.6 is 0 Å². The van der Waals surface area contributed by atoms with Crippen LogP contribution in [0.1, 0.15) is 6.42 Å². The molecule has 8 nitrogen and oxygen atoms in total. The van der Waals surface area contributed by atoms with E-state index in [0.717, 1.165) is 5.75 Å². The predicted molar refractivity (Wildman–Crippen MR) is 76.4 cm³/mol. The van der Waals surface area contributed by atoms with Gasteiger partial charge in [-0.1, -0.05) is 12.1 Å². The van der Waals surface area contributed by atoms with E-state index in [1.54, 1.807) is 11.9 Å². The third-order valence-electron chi connectivity index (χ3n) is 3.42. The van der Waals surface area contributed by atoms with E-state index in [1.807, 2.05) is 24.3 Å². The number of carbonyl (C=O) groups is 1. The summed E-state index contributed by atoms with van der Waals surface area (Å²) in [6.07, 6.45) is 1.66. The molecule has 2 aromatic rings. The summed E-state index contributed by atoms with van der Waals surface area (Å²) in [6.45, 7) is 1.37. The number of aryl methyl sites for hydroxylation is 1. The number of nitrogens with zero attached hydrogens (tertiary/aromatic N) is 5. The van der Waals surface area contributed by atoms with Crippen molar-refractivity contribution in [1.29, 1.82) is 0 Å². The second-order valence-corrected chi connectivity index (χ2v) is 5.09. The van der Waals surface area contributed by atoms with Crippen LogP contribution < -0.4 is 9.47 Å². The minimum absolute atomic E-state index is 0.0120. The Balaban J connectivity index is 1.49. The first kappa shape index (κ1) is 14.3. The summed E-state index contributed by atoms with van der Waals surface area (Å²) in [6, 6.07) is 7.52. The molecule has 0 bridgehead atoms. The lowest BCUT2D eigenvalue weighted by Gasteiger charge is -2.29. The zero-order valence-electron chi connectivity index (χ0n) is 12.3. The van der Waals surface area contributed by atoms with Gasteiger partial charge in [-0.3, -0.25) is 4.79 Å². The Bertz CT molecular complexity index is 631. The first-order valence-corrected chi connectivity index (χ1v) is 7.05. The fourth-order valence-corrected chi connectivity index (χ4v) is 2.24. The second-order valence-electron chi connectivity index (χ2n) is 5.09. The number of carbonyl (C=O) groups excluding carboxylic acids is 1. The average Bonchev–Trinajstić information content (AvgIpc) is 3.06. The molecule has 0 radical (unpaired) electrons. The van der Waals surface area contributed by atoms with E-state index in [9.17, 15) is 4.79 Å². The lowest BCUT2D eigenvalue weighted by molar-refractivity contribution is -0.131. The van der Waals surface area contributed by atoms with Gasteiger partial charge in [-0.25, -0.2) is 4.68 Å². The first-order chi connectivity index (χ1) is 10.7. The van der Waals surface area contributed by atoms with Gasteiger partial charge in [0.05, 0.1) is 13.1 Å². The van der Waals surface area contributed by atoms with Crippen LogP contribution in [0.4, 0.5) is 0 Å².